The molecule has 2 amide bonds. The van der Waals surface area contributed by atoms with Gasteiger partial charge in [-0.05, 0) is 6.92 Å². The van der Waals surface area contributed by atoms with Crippen LogP contribution in [0.3, 0.4) is 0 Å². The average molecular weight is 473 g/mol. The number of rotatable bonds is 9. The molecule has 0 unspecified atom stereocenters. The molecule has 1 fully saturated rings. The number of nitrogen functional groups attached to an aromatic ring is 1. The summed E-state index contributed by atoms with van der Waals surface area (Å²) in [7, 11) is -4.09. The molecule has 1 aliphatic heterocycles. The van der Waals surface area contributed by atoms with Crippen molar-refractivity contribution in [2.45, 2.75) is 19.2 Å². The van der Waals surface area contributed by atoms with E-state index in [4.69, 9.17) is 10.5 Å². The summed E-state index contributed by atoms with van der Waals surface area (Å²) in [5.41, 5.74) is 5.19. The topological polar surface area (TPSA) is 203 Å². The number of oxime groups is 1. The maximum atomic E-state index is 12.5. The third kappa shape index (κ3) is 6.10. The first-order chi connectivity index (χ1) is 13.6. The number of hydrogen-bond acceptors (Lipinski definition) is 13. The van der Waals surface area contributed by atoms with Crippen molar-refractivity contribution in [3.63, 3.8) is 0 Å². The number of nitrogens with two attached hydrogens (primary N) is 1. The zero-order valence-electron chi connectivity index (χ0n) is 16.1. The van der Waals surface area contributed by atoms with E-state index in [1.165, 1.54) is 12.3 Å². The number of carbonyl (C=O) groups is 3. The van der Waals surface area contributed by atoms with E-state index in [1.54, 1.807) is 0 Å². The fraction of sp³-hybridized carbons (Fsp3) is 0.462. The second kappa shape index (κ2) is 11.0. The third-order valence-electron chi connectivity index (χ3n) is 3.37. The first kappa shape index (κ1) is 26.2. The summed E-state index contributed by atoms with van der Waals surface area (Å²) in [6, 6.07) is -1.58. The number of nitrogens with zero attached hydrogens (tertiary/aromatic N) is 3. The normalized spacial score (nSPS) is 18.8. The summed E-state index contributed by atoms with van der Waals surface area (Å²) in [4.78, 5) is 44.4. The predicted octanol–water partition coefficient (Wildman–Crippen LogP) is -5.23. The molecule has 0 bridgehead atoms. The van der Waals surface area contributed by atoms with Gasteiger partial charge in [0.25, 0.3) is 11.8 Å². The van der Waals surface area contributed by atoms with Crippen LogP contribution in [-0.4, -0.2) is 78.3 Å². The molecule has 1 aromatic heterocycles. The molecule has 3 N–H and O–H groups in total. The van der Waals surface area contributed by atoms with Crippen LogP contribution in [0, 0.1) is 0 Å². The molecule has 0 spiro atoms. The number of esters is 1. The van der Waals surface area contributed by atoms with Gasteiger partial charge in [-0.3, -0.25) is 9.59 Å². The van der Waals surface area contributed by atoms with Crippen molar-refractivity contribution >= 4 is 50.3 Å². The van der Waals surface area contributed by atoms with Gasteiger partial charge in [0.05, 0.1) is 6.61 Å². The number of carbonyl (C=O) groups excluding carboxylic acids is 3. The van der Waals surface area contributed by atoms with Gasteiger partial charge in [-0.1, -0.05) is 5.16 Å². The van der Waals surface area contributed by atoms with E-state index in [0.29, 0.717) is 0 Å². The summed E-state index contributed by atoms with van der Waals surface area (Å²) < 4.78 is 43.3. The first-order valence-corrected chi connectivity index (χ1v) is 10.0. The number of β-lactam (4-membered cyclic amide) rings is 1. The maximum absolute atomic E-state index is 12.5. The standard InChI is InChI=1S/C13H17N5O9S2.Na/c1-3-26-7(19)4-27-12-9(11(21)18(12)29(22,23)24)16-10(20)8(17-25-2)6-5-28-13(14)15-6;/h5,9,12H,3-4H2,1-2H3,(H2,14,15)(H,16,20)(H,22,23,24);/q;+1/p-1/t9-,12-;/m1./s1. The minimum atomic E-state index is -5.25. The number of thiazole rings is 1. The van der Waals surface area contributed by atoms with Crippen molar-refractivity contribution in [1.29, 1.82) is 0 Å². The molecule has 1 aromatic rings. The molecule has 14 nitrogen and oxygen atoms in total. The van der Waals surface area contributed by atoms with Gasteiger partial charge in [-0.2, -0.15) is 0 Å². The van der Waals surface area contributed by atoms with Crippen LogP contribution in [0.15, 0.2) is 10.5 Å². The molecule has 2 rings (SSSR count). The zero-order chi connectivity index (χ0) is 21.8. The number of aromatic nitrogens is 1. The molecule has 0 saturated carbocycles. The molecular weight excluding hydrogens is 457 g/mol. The molecular formula is C13H16N5NaO9S2. The fourth-order valence-corrected chi connectivity index (χ4v) is 3.55. The summed E-state index contributed by atoms with van der Waals surface area (Å²) in [5, 5.41) is 7.21. The molecule has 2 atom stereocenters. The monoisotopic (exact) mass is 473 g/mol. The van der Waals surface area contributed by atoms with Crippen molar-refractivity contribution in [1.82, 2.24) is 14.6 Å². The van der Waals surface area contributed by atoms with Crippen LogP contribution in [0.4, 0.5) is 5.13 Å². The second-order valence-electron chi connectivity index (χ2n) is 5.24. The van der Waals surface area contributed by atoms with Crippen LogP contribution in [-0.2, 0) is 39.0 Å². The molecule has 1 saturated heterocycles. The summed E-state index contributed by atoms with van der Waals surface area (Å²) >= 11 is 1.01. The van der Waals surface area contributed by atoms with E-state index < -0.39 is 47.0 Å². The van der Waals surface area contributed by atoms with Gasteiger partial charge in [0.2, 0.25) is 0 Å². The summed E-state index contributed by atoms with van der Waals surface area (Å²) in [6.45, 7) is 0.805. The van der Waals surface area contributed by atoms with Crippen LogP contribution < -0.4 is 40.6 Å². The Bertz CT molecular complexity index is 935. The van der Waals surface area contributed by atoms with E-state index in [0.717, 1.165) is 18.4 Å². The number of hydrogen-bond donors (Lipinski definition) is 2. The van der Waals surface area contributed by atoms with Crippen molar-refractivity contribution in [3.8, 4) is 0 Å². The van der Waals surface area contributed by atoms with Crippen LogP contribution in [0.2, 0.25) is 0 Å². The van der Waals surface area contributed by atoms with E-state index >= 15 is 0 Å². The smallest absolute Gasteiger partial charge is 0.731 e. The van der Waals surface area contributed by atoms with Crippen LogP contribution in [0.25, 0.3) is 0 Å². The first-order valence-electron chi connectivity index (χ1n) is 7.79. The quantitative estimate of drug-likeness (QED) is 0.0866. The van der Waals surface area contributed by atoms with Crippen molar-refractivity contribution < 1.29 is 71.2 Å². The molecule has 0 radical (unpaired) electrons. The summed E-state index contributed by atoms with van der Waals surface area (Å²) in [5.74, 6) is -3.10. The maximum Gasteiger partial charge on any atom is 1.00 e. The molecule has 2 heterocycles. The predicted molar refractivity (Wildman–Crippen MR) is 94.9 cm³/mol. The molecule has 160 valence electrons. The fourth-order valence-electron chi connectivity index (χ4n) is 2.23. The number of amides is 2. The molecule has 0 aromatic carbocycles. The van der Waals surface area contributed by atoms with Gasteiger partial charge < -0.3 is 29.9 Å². The molecule has 0 aliphatic carbocycles. The van der Waals surface area contributed by atoms with Gasteiger partial charge in [0, 0.05) is 5.38 Å². The van der Waals surface area contributed by atoms with Crippen LogP contribution in [0.1, 0.15) is 12.6 Å². The average Bonchev–Trinajstić information content (AvgIpc) is 3.05. The summed E-state index contributed by atoms with van der Waals surface area (Å²) in [6.07, 6.45) is -1.75. The van der Waals surface area contributed by atoms with E-state index in [1.807, 2.05) is 0 Å². The Labute approximate surface area is 196 Å². The van der Waals surface area contributed by atoms with Gasteiger partial charge in [0.15, 0.2) is 33.4 Å². The van der Waals surface area contributed by atoms with Crippen molar-refractivity contribution in [2.75, 3.05) is 26.1 Å². The molecule has 1 aliphatic rings. The van der Waals surface area contributed by atoms with Gasteiger partial charge in [-0.15, -0.1) is 11.3 Å². The second-order valence-corrected chi connectivity index (χ2v) is 7.38. The SMILES string of the molecule is CCOC(=O)CO[C@@H]1[C@H](NC(=O)C(=NOC)c2csc(N)n2)C(=O)N1S(=O)(=O)[O-].[Na+]. The number of nitrogens with one attached hydrogen (secondary N) is 1. The minimum absolute atomic E-state index is 0. The van der Waals surface area contributed by atoms with E-state index in [9.17, 15) is 27.4 Å². The van der Waals surface area contributed by atoms with E-state index in [2.05, 4.69) is 25.0 Å². The molecule has 30 heavy (non-hydrogen) atoms. The Hall–Kier alpha value is -1.82. The third-order valence-corrected chi connectivity index (χ3v) is 4.91. The van der Waals surface area contributed by atoms with Gasteiger partial charge in [0.1, 0.15) is 19.4 Å². The Balaban J connectivity index is 0.00000450. The minimum Gasteiger partial charge on any atom is -0.731 e. The Morgan fingerprint density at radius 2 is 2.13 bits per heavy atom. The van der Waals surface area contributed by atoms with Gasteiger partial charge in [-0.25, -0.2) is 22.5 Å². The van der Waals surface area contributed by atoms with Crippen molar-refractivity contribution in [3.05, 3.63) is 11.1 Å². The zero-order valence-corrected chi connectivity index (χ0v) is 19.7. The van der Waals surface area contributed by atoms with Crippen LogP contribution in [0.5, 0.6) is 0 Å². The van der Waals surface area contributed by atoms with Crippen LogP contribution >= 0.6 is 11.3 Å². The van der Waals surface area contributed by atoms with Gasteiger partial charge >= 0.3 is 35.5 Å². The van der Waals surface area contributed by atoms with Crippen molar-refractivity contribution in [2.24, 2.45) is 5.16 Å². The largest absolute Gasteiger partial charge is 1.00 e. The Morgan fingerprint density at radius 1 is 1.47 bits per heavy atom. The number of ether oxygens (including phenoxy) is 2. The Kier molecular flexibility index (Phi) is 9.60. The number of anilines is 1. The van der Waals surface area contributed by atoms with E-state index in [-0.39, 0.29) is 57.0 Å². The molecule has 17 heteroatoms. The Morgan fingerprint density at radius 3 is 2.63 bits per heavy atom.